The first kappa shape index (κ1) is 11.6. The summed E-state index contributed by atoms with van der Waals surface area (Å²) in [6.45, 7) is 7.10. The van der Waals surface area contributed by atoms with E-state index in [1.807, 2.05) is 11.3 Å². The Labute approximate surface area is 105 Å². The molecule has 1 saturated heterocycles. The van der Waals surface area contributed by atoms with E-state index >= 15 is 0 Å². The van der Waals surface area contributed by atoms with E-state index in [-0.39, 0.29) is 0 Å². The van der Waals surface area contributed by atoms with Crippen LogP contribution in [0.1, 0.15) is 31.6 Å². The largest absolute Gasteiger partial charge is 0.296 e. The lowest BCUT2D eigenvalue weighted by molar-refractivity contribution is 0.123. The van der Waals surface area contributed by atoms with Gasteiger partial charge in [-0.3, -0.25) is 4.90 Å². The first-order valence-corrected chi connectivity index (χ1v) is 7.30. The number of thiophene rings is 1. The molecular weight excluding hydrogens is 270 g/mol. The minimum absolute atomic E-state index is 0.739. The van der Waals surface area contributed by atoms with E-state index in [0.29, 0.717) is 0 Å². The fourth-order valence-electron chi connectivity index (χ4n) is 2.31. The van der Waals surface area contributed by atoms with E-state index in [2.05, 4.69) is 46.1 Å². The Kier molecular flexibility index (Phi) is 3.86. The molecule has 1 aliphatic rings. The summed E-state index contributed by atoms with van der Waals surface area (Å²) in [5.74, 6) is 0.906. The second kappa shape index (κ2) is 4.98. The van der Waals surface area contributed by atoms with Crippen LogP contribution in [-0.2, 0) is 6.54 Å². The molecular formula is C12H18BrNS. The topological polar surface area (TPSA) is 3.24 Å². The molecule has 0 spiro atoms. The van der Waals surface area contributed by atoms with Crippen LogP contribution in [0, 0.1) is 5.92 Å². The summed E-state index contributed by atoms with van der Waals surface area (Å²) in [4.78, 5) is 4.08. The lowest BCUT2D eigenvalue weighted by atomic mass is 9.93. The third-order valence-corrected chi connectivity index (χ3v) is 5.22. The molecule has 15 heavy (non-hydrogen) atoms. The zero-order valence-electron chi connectivity index (χ0n) is 9.37. The van der Waals surface area contributed by atoms with Crippen molar-refractivity contribution in [2.45, 2.75) is 39.3 Å². The number of rotatable bonds is 2. The van der Waals surface area contributed by atoms with E-state index in [1.54, 1.807) is 0 Å². The molecule has 0 N–H and O–H groups in total. The average molecular weight is 288 g/mol. The van der Waals surface area contributed by atoms with E-state index in [4.69, 9.17) is 0 Å². The van der Waals surface area contributed by atoms with Gasteiger partial charge in [0.2, 0.25) is 0 Å². The van der Waals surface area contributed by atoms with Crippen LogP contribution >= 0.6 is 27.3 Å². The standard InChI is InChI=1S/C12H18BrNS/c1-9-3-5-14(10(2)7-9)8-12-11(13)4-6-15-12/h4,6,9-10H,3,5,7-8H2,1-2H3. The fraction of sp³-hybridized carbons (Fsp3) is 0.667. The van der Waals surface area contributed by atoms with Crippen LogP contribution in [0.4, 0.5) is 0 Å². The quantitative estimate of drug-likeness (QED) is 0.791. The Morgan fingerprint density at radius 2 is 2.33 bits per heavy atom. The summed E-state index contributed by atoms with van der Waals surface area (Å²) in [6, 6.07) is 2.89. The Balaban J connectivity index is 1.98. The van der Waals surface area contributed by atoms with Gasteiger partial charge < -0.3 is 0 Å². The minimum atomic E-state index is 0.739. The van der Waals surface area contributed by atoms with Gasteiger partial charge in [0.15, 0.2) is 0 Å². The summed E-state index contributed by atoms with van der Waals surface area (Å²) >= 11 is 5.47. The van der Waals surface area contributed by atoms with Crippen LogP contribution in [0.2, 0.25) is 0 Å². The van der Waals surface area contributed by atoms with Gasteiger partial charge >= 0.3 is 0 Å². The first-order chi connectivity index (χ1) is 7.16. The minimum Gasteiger partial charge on any atom is -0.296 e. The first-order valence-electron chi connectivity index (χ1n) is 5.62. The van der Waals surface area contributed by atoms with Crippen LogP contribution in [0.5, 0.6) is 0 Å². The van der Waals surface area contributed by atoms with Gasteiger partial charge in [-0.1, -0.05) is 6.92 Å². The number of likely N-dealkylation sites (tertiary alicyclic amines) is 1. The molecule has 1 aromatic rings. The van der Waals surface area contributed by atoms with Gasteiger partial charge in [-0.2, -0.15) is 0 Å². The van der Waals surface area contributed by atoms with Crippen molar-refractivity contribution in [1.29, 1.82) is 0 Å². The third kappa shape index (κ3) is 2.83. The van der Waals surface area contributed by atoms with Gasteiger partial charge in [0.1, 0.15) is 0 Å². The molecule has 0 aliphatic carbocycles. The molecule has 2 atom stereocenters. The predicted octanol–water partition coefficient (Wildman–Crippen LogP) is 4.13. The molecule has 1 nitrogen and oxygen atoms in total. The molecule has 0 amide bonds. The molecule has 2 heterocycles. The average Bonchev–Trinajstić information content (AvgIpc) is 2.57. The molecule has 2 unspecified atom stereocenters. The van der Waals surface area contributed by atoms with Gasteiger partial charge in [-0.05, 0) is 59.6 Å². The zero-order valence-corrected chi connectivity index (χ0v) is 11.8. The van der Waals surface area contributed by atoms with Gasteiger partial charge in [0, 0.05) is 21.9 Å². The van der Waals surface area contributed by atoms with E-state index in [0.717, 1.165) is 18.5 Å². The van der Waals surface area contributed by atoms with Crippen LogP contribution in [0.25, 0.3) is 0 Å². The highest BCUT2D eigenvalue weighted by molar-refractivity contribution is 9.10. The molecule has 3 heteroatoms. The maximum Gasteiger partial charge on any atom is 0.0342 e. The summed E-state index contributed by atoms with van der Waals surface area (Å²) in [7, 11) is 0. The highest BCUT2D eigenvalue weighted by atomic mass is 79.9. The molecule has 2 rings (SSSR count). The molecule has 1 fully saturated rings. The number of halogens is 1. The Morgan fingerprint density at radius 3 is 2.93 bits per heavy atom. The Morgan fingerprint density at radius 1 is 1.53 bits per heavy atom. The van der Waals surface area contributed by atoms with Crippen LogP contribution < -0.4 is 0 Å². The highest BCUT2D eigenvalue weighted by Gasteiger charge is 2.23. The predicted molar refractivity (Wildman–Crippen MR) is 70.3 cm³/mol. The number of nitrogens with zero attached hydrogens (tertiary/aromatic N) is 1. The van der Waals surface area contributed by atoms with Crippen molar-refractivity contribution >= 4 is 27.3 Å². The monoisotopic (exact) mass is 287 g/mol. The van der Waals surface area contributed by atoms with Crippen LogP contribution in [0.3, 0.4) is 0 Å². The van der Waals surface area contributed by atoms with Gasteiger partial charge in [-0.15, -0.1) is 11.3 Å². The summed E-state index contributed by atoms with van der Waals surface area (Å²) in [5.41, 5.74) is 0. The van der Waals surface area contributed by atoms with E-state index in [1.165, 1.54) is 28.7 Å². The van der Waals surface area contributed by atoms with Crippen LogP contribution in [-0.4, -0.2) is 17.5 Å². The maximum absolute atomic E-state index is 3.61. The molecule has 1 aliphatic heterocycles. The number of hydrogen-bond acceptors (Lipinski definition) is 2. The lowest BCUT2D eigenvalue weighted by Crippen LogP contribution is -2.39. The van der Waals surface area contributed by atoms with Crippen molar-refractivity contribution in [3.05, 3.63) is 20.8 Å². The SMILES string of the molecule is CC1CCN(Cc2sccc2Br)C(C)C1. The second-order valence-electron chi connectivity index (χ2n) is 4.64. The van der Waals surface area contributed by atoms with Gasteiger partial charge in [-0.25, -0.2) is 0 Å². The fourth-order valence-corrected chi connectivity index (χ4v) is 3.82. The van der Waals surface area contributed by atoms with E-state index < -0.39 is 0 Å². The molecule has 0 radical (unpaired) electrons. The maximum atomic E-state index is 3.61. The number of hydrogen-bond donors (Lipinski definition) is 0. The lowest BCUT2D eigenvalue weighted by Gasteiger charge is -2.36. The van der Waals surface area contributed by atoms with Crippen LogP contribution in [0.15, 0.2) is 15.9 Å². The molecule has 0 saturated carbocycles. The number of piperidine rings is 1. The van der Waals surface area contributed by atoms with Gasteiger partial charge in [0.25, 0.3) is 0 Å². The van der Waals surface area contributed by atoms with Crippen molar-refractivity contribution in [3.63, 3.8) is 0 Å². The van der Waals surface area contributed by atoms with Crippen molar-refractivity contribution in [1.82, 2.24) is 4.90 Å². The van der Waals surface area contributed by atoms with Crippen molar-refractivity contribution in [2.24, 2.45) is 5.92 Å². The summed E-state index contributed by atoms with van der Waals surface area (Å²) in [5, 5.41) is 2.16. The third-order valence-electron chi connectivity index (χ3n) is 3.31. The van der Waals surface area contributed by atoms with Crippen molar-refractivity contribution in [2.75, 3.05) is 6.54 Å². The summed E-state index contributed by atoms with van der Waals surface area (Å²) in [6.07, 6.45) is 2.70. The zero-order chi connectivity index (χ0) is 10.8. The Bertz CT molecular complexity index is 323. The Hall–Kier alpha value is 0.140. The van der Waals surface area contributed by atoms with Crippen molar-refractivity contribution < 1.29 is 0 Å². The summed E-state index contributed by atoms with van der Waals surface area (Å²) < 4.78 is 1.28. The second-order valence-corrected chi connectivity index (χ2v) is 6.50. The van der Waals surface area contributed by atoms with E-state index in [9.17, 15) is 0 Å². The molecule has 0 aromatic carbocycles. The smallest absolute Gasteiger partial charge is 0.0342 e. The molecule has 0 bridgehead atoms. The van der Waals surface area contributed by atoms with Gasteiger partial charge in [0.05, 0.1) is 0 Å². The molecule has 84 valence electrons. The highest BCUT2D eigenvalue weighted by Crippen LogP contribution is 2.28. The normalized spacial score (nSPS) is 28.2. The molecule has 1 aromatic heterocycles. The van der Waals surface area contributed by atoms with Crippen molar-refractivity contribution in [3.8, 4) is 0 Å².